The van der Waals surface area contributed by atoms with Crippen LogP contribution in [0.25, 0.3) is 0 Å². The van der Waals surface area contributed by atoms with Crippen LogP contribution in [0.15, 0.2) is 83.7 Å². The van der Waals surface area contributed by atoms with Crippen LogP contribution in [-0.4, -0.2) is 12.3 Å². The highest BCUT2D eigenvalue weighted by atomic mass is 19.4. The molecule has 0 aromatic heterocycles. The Kier molecular flexibility index (Phi) is 10.6. The van der Waals surface area contributed by atoms with Crippen molar-refractivity contribution in [2.24, 2.45) is 10.9 Å². The minimum absolute atomic E-state index is 0.0358. The van der Waals surface area contributed by atoms with Gasteiger partial charge in [-0.2, -0.15) is 26.3 Å². The lowest BCUT2D eigenvalue weighted by Gasteiger charge is -2.15. The van der Waals surface area contributed by atoms with E-state index in [1.807, 2.05) is 6.92 Å². The predicted octanol–water partition coefficient (Wildman–Crippen LogP) is 9.18. The molecule has 1 heterocycles. The van der Waals surface area contributed by atoms with Crippen molar-refractivity contribution in [3.8, 4) is 0 Å². The van der Waals surface area contributed by atoms with Crippen LogP contribution in [0.5, 0.6) is 0 Å². The first-order valence-corrected chi connectivity index (χ1v) is 12.3. The Morgan fingerprint density at radius 1 is 1.05 bits per heavy atom. The second kappa shape index (κ2) is 13.0. The maximum absolute atomic E-state index is 13.4. The monoisotopic (exact) mass is 524 g/mol. The highest BCUT2D eigenvalue weighted by molar-refractivity contribution is 6.01. The molecule has 0 aliphatic carbocycles. The fraction of sp³-hybridized carbons (Fsp3) is 0.414. The molecule has 1 aliphatic rings. The third-order valence-corrected chi connectivity index (χ3v) is 6.16. The van der Waals surface area contributed by atoms with Gasteiger partial charge < -0.3 is 5.32 Å². The molecule has 1 aromatic carbocycles. The Morgan fingerprint density at radius 2 is 1.68 bits per heavy atom. The fourth-order valence-electron chi connectivity index (χ4n) is 4.02. The van der Waals surface area contributed by atoms with Crippen molar-refractivity contribution in [3.05, 3.63) is 95.4 Å². The van der Waals surface area contributed by atoms with E-state index in [1.54, 1.807) is 18.2 Å². The van der Waals surface area contributed by atoms with E-state index in [0.29, 0.717) is 36.4 Å². The molecule has 0 saturated heterocycles. The number of hydrogen-bond donors (Lipinski definition) is 1. The van der Waals surface area contributed by atoms with Gasteiger partial charge in [-0.25, -0.2) is 0 Å². The number of nitrogens with zero attached hydrogens (tertiary/aromatic N) is 1. The Hall–Kier alpha value is -3.03. The molecule has 1 N–H and O–H groups in total. The number of benzene rings is 1. The van der Waals surface area contributed by atoms with Crippen molar-refractivity contribution in [2.45, 2.75) is 64.7 Å². The summed E-state index contributed by atoms with van der Waals surface area (Å²) in [5.74, 6) is -0.0358. The molecule has 0 radical (unpaired) electrons. The molecular weight excluding hydrogens is 490 g/mol. The van der Waals surface area contributed by atoms with Crippen LogP contribution in [0.3, 0.4) is 0 Å². The Labute approximate surface area is 215 Å². The standard InChI is InChI=1S/C29H34F6N2/c1-6-9-19(3)14-15-36-21(5)22(7-2)12-13-26-20(4)10-8-11-27(37-26)23-16-24(28(30,31)32)18-25(17-23)29(33,34)35/h7,12-13,16-18,20,36H,2-3,5-6,8-11,14-15H2,1,4H3/b22-12+,26-13+. The zero-order valence-corrected chi connectivity index (χ0v) is 21.3. The van der Waals surface area contributed by atoms with Crippen molar-refractivity contribution in [3.63, 3.8) is 0 Å². The number of nitrogens with one attached hydrogen (secondary N) is 1. The summed E-state index contributed by atoms with van der Waals surface area (Å²) in [6.45, 7) is 16.6. The van der Waals surface area contributed by atoms with Gasteiger partial charge in [-0.05, 0) is 73.4 Å². The van der Waals surface area contributed by atoms with Crippen LogP contribution < -0.4 is 5.32 Å². The molecule has 202 valence electrons. The van der Waals surface area contributed by atoms with E-state index in [-0.39, 0.29) is 29.7 Å². The first kappa shape index (κ1) is 30.2. The summed E-state index contributed by atoms with van der Waals surface area (Å²) in [5, 5.41) is 3.24. The smallest absolute Gasteiger partial charge is 0.385 e. The largest absolute Gasteiger partial charge is 0.416 e. The van der Waals surface area contributed by atoms with Crippen LogP contribution in [0.4, 0.5) is 26.3 Å². The molecule has 37 heavy (non-hydrogen) atoms. The number of allylic oxidation sites excluding steroid dienone is 4. The van der Waals surface area contributed by atoms with E-state index < -0.39 is 23.5 Å². The van der Waals surface area contributed by atoms with Gasteiger partial charge in [-0.1, -0.05) is 57.7 Å². The summed E-state index contributed by atoms with van der Waals surface area (Å²) >= 11 is 0. The SMILES string of the molecule is C=C/C(=C\C=C1\N=C(c2cc(C(F)(F)F)cc(C(F)(F)F)c2)CCCC1C)C(=C)NCCC(=C)CCC. The van der Waals surface area contributed by atoms with E-state index >= 15 is 0 Å². The minimum Gasteiger partial charge on any atom is -0.385 e. The number of alkyl halides is 6. The molecule has 1 aliphatic heterocycles. The van der Waals surface area contributed by atoms with E-state index in [4.69, 9.17) is 0 Å². The van der Waals surface area contributed by atoms with Gasteiger partial charge in [0.15, 0.2) is 0 Å². The van der Waals surface area contributed by atoms with Crippen LogP contribution in [-0.2, 0) is 12.4 Å². The molecule has 1 unspecified atom stereocenters. The predicted molar refractivity (Wildman–Crippen MR) is 138 cm³/mol. The number of aliphatic imine (C=N–C) groups is 1. The van der Waals surface area contributed by atoms with Gasteiger partial charge in [0, 0.05) is 23.7 Å². The fourth-order valence-corrected chi connectivity index (χ4v) is 4.02. The molecule has 0 amide bonds. The Bertz CT molecular complexity index is 1050. The average molecular weight is 525 g/mol. The van der Waals surface area contributed by atoms with Crippen molar-refractivity contribution in [1.29, 1.82) is 0 Å². The van der Waals surface area contributed by atoms with Gasteiger partial charge in [0.25, 0.3) is 0 Å². The second-order valence-electron chi connectivity index (χ2n) is 9.22. The maximum atomic E-state index is 13.4. The molecule has 1 aromatic rings. The molecule has 2 rings (SSSR count). The normalized spacial score (nSPS) is 18.3. The third kappa shape index (κ3) is 9.09. The van der Waals surface area contributed by atoms with Crippen LogP contribution in [0.2, 0.25) is 0 Å². The van der Waals surface area contributed by atoms with Crippen molar-refractivity contribution in [1.82, 2.24) is 5.32 Å². The van der Waals surface area contributed by atoms with Crippen molar-refractivity contribution >= 4 is 5.71 Å². The molecule has 1 atom stereocenters. The van der Waals surface area contributed by atoms with E-state index in [9.17, 15) is 26.3 Å². The Morgan fingerprint density at radius 3 is 2.22 bits per heavy atom. The van der Waals surface area contributed by atoms with Crippen molar-refractivity contribution < 1.29 is 26.3 Å². The van der Waals surface area contributed by atoms with E-state index in [0.717, 1.165) is 37.0 Å². The summed E-state index contributed by atoms with van der Waals surface area (Å²) in [6, 6.07) is 1.62. The highest BCUT2D eigenvalue weighted by Gasteiger charge is 2.37. The maximum Gasteiger partial charge on any atom is 0.416 e. The van der Waals surface area contributed by atoms with Crippen LogP contribution in [0, 0.1) is 5.92 Å². The molecule has 8 heteroatoms. The topological polar surface area (TPSA) is 24.4 Å². The summed E-state index contributed by atoms with van der Waals surface area (Å²) in [4.78, 5) is 4.55. The van der Waals surface area contributed by atoms with E-state index in [2.05, 4.69) is 37.0 Å². The first-order chi connectivity index (χ1) is 17.3. The molecule has 0 spiro atoms. The first-order valence-electron chi connectivity index (χ1n) is 12.3. The van der Waals surface area contributed by atoms with Gasteiger partial charge in [-0.3, -0.25) is 4.99 Å². The summed E-state index contributed by atoms with van der Waals surface area (Å²) in [6.07, 6.45) is -0.360. The van der Waals surface area contributed by atoms with E-state index in [1.165, 1.54) is 0 Å². The zero-order chi connectivity index (χ0) is 27.8. The van der Waals surface area contributed by atoms with Gasteiger partial charge in [0.1, 0.15) is 0 Å². The minimum atomic E-state index is -4.91. The summed E-state index contributed by atoms with van der Waals surface area (Å²) < 4.78 is 80.2. The second-order valence-corrected chi connectivity index (χ2v) is 9.22. The van der Waals surface area contributed by atoms with Gasteiger partial charge >= 0.3 is 12.4 Å². The third-order valence-electron chi connectivity index (χ3n) is 6.16. The molecule has 0 bridgehead atoms. The average Bonchev–Trinajstić information content (AvgIpc) is 2.99. The number of rotatable bonds is 10. The molecular formula is C29H34F6N2. The van der Waals surface area contributed by atoms with Gasteiger partial charge in [-0.15, -0.1) is 0 Å². The molecule has 2 nitrogen and oxygen atoms in total. The molecule has 0 saturated carbocycles. The van der Waals surface area contributed by atoms with Crippen molar-refractivity contribution in [2.75, 3.05) is 6.54 Å². The lowest BCUT2D eigenvalue weighted by molar-refractivity contribution is -0.143. The van der Waals surface area contributed by atoms with Crippen LogP contribution in [0.1, 0.15) is 69.1 Å². The lowest BCUT2D eigenvalue weighted by atomic mass is 9.98. The molecule has 0 fully saturated rings. The Balaban J connectivity index is 2.40. The quantitative estimate of drug-likeness (QED) is 0.184. The lowest BCUT2D eigenvalue weighted by Crippen LogP contribution is -2.15. The zero-order valence-electron chi connectivity index (χ0n) is 21.3. The number of hydrogen-bond acceptors (Lipinski definition) is 2. The summed E-state index contributed by atoms with van der Waals surface area (Å²) in [5.41, 5.74) is 0.407. The number of halogens is 6. The summed E-state index contributed by atoms with van der Waals surface area (Å²) in [7, 11) is 0. The van der Waals surface area contributed by atoms with Crippen LogP contribution >= 0.6 is 0 Å². The highest BCUT2D eigenvalue weighted by Crippen LogP contribution is 2.37. The van der Waals surface area contributed by atoms with Gasteiger partial charge in [0.2, 0.25) is 0 Å². The van der Waals surface area contributed by atoms with Gasteiger partial charge in [0.05, 0.1) is 11.1 Å².